The molecule has 2 aromatic carbocycles. The minimum Gasteiger partial charge on any atom is -0.476 e. The highest BCUT2D eigenvalue weighted by molar-refractivity contribution is 7.92. The Morgan fingerprint density at radius 2 is 1.93 bits per heavy atom. The molecule has 1 N–H and O–H groups in total. The highest BCUT2D eigenvalue weighted by Crippen LogP contribution is 2.38. The Morgan fingerprint density at radius 3 is 2.66 bits per heavy atom. The first kappa shape index (κ1) is 19.4. The molecule has 0 bridgehead atoms. The minimum atomic E-state index is -3.92. The zero-order valence-corrected chi connectivity index (χ0v) is 16.7. The lowest BCUT2D eigenvalue weighted by Crippen LogP contribution is -2.50. The van der Waals surface area contributed by atoms with Gasteiger partial charge in [-0.05, 0) is 42.5 Å². The molecule has 0 radical (unpaired) electrons. The molecular formula is C20H17ClN2O5S. The first-order valence-electron chi connectivity index (χ1n) is 8.79. The number of anilines is 1. The Kier molecular flexibility index (Phi) is 5.21. The lowest BCUT2D eigenvalue weighted by atomic mass is 10.2. The molecule has 0 aliphatic carbocycles. The van der Waals surface area contributed by atoms with E-state index in [-0.39, 0.29) is 29.4 Å². The van der Waals surface area contributed by atoms with Crippen LogP contribution in [0.3, 0.4) is 0 Å². The molecule has 150 valence electrons. The van der Waals surface area contributed by atoms with Crippen LogP contribution in [0.15, 0.2) is 76.2 Å². The van der Waals surface area contributed by atoms with Gasteiger partial charge in [0.25, 0.3) is 15.9 Å². The van der Waals surface area contributed by atoms with Crippen molar-refractivity contribution < 1.29 is 22.4 Å². The average molecular weight is 433 g/mol. The summed E-state index contributed by atoms with van der Waals surface area (Å²) in [5.41, 5.74) is 0.288. The second kappa shape index (κ2) is 7.81. The number of carbonyl (C=O) groups is 1. The number of amides is 1. The molecule has 7 nitrogen and oxygen atoms in total. The topological polar surface area (TPSA) is 88.9 Å². The maximum absolute atomic E-state index is 13.3. The molecule has 1 amide bonds. The van der Waals surface area contributed by atoms with Gasteiger partial charge in [-0.3, -0.25) is 9.10 Å². The van der Waals surface area contributed by atoms with Crippen LogP contribution < -0.4 is 14.4 Å². The third-order valence-electron chi connectivity index (χ3n) is 4.43. The summed E-state index contributed by atoms with van der Waals surface area (Å²) in [6.45, 7) is -0.0147. The second-order valence-electron chi connectivity index (χ2n) is 6.36. The van der Waals surface area contributed by atoms with E-state index in [2.05, 4.69) is 5.32 Å². The van der Waals surface area contributed by atoms with E-state index in [4.69, 9.17) is 20.8 Å². The van der Waals surface area contributed by atoms with Crippen molar-refractivity contribution >= 4 is 33.2 Å². The number of furan rings is 1. The van der Waals surface area contributed by atoms with Gasteiger partial charge in [-0.1, -0.05) is 29.8 Å². The fourth-order valence-electron chi connectivity index (χ4n) is 3.01. The number of nitrogens with zero attached hydrogens (tertiary/aromatic N) is 1. The van der Waals surface area contributed by atoms with Gasteiger partial charge in [0, 0.05) is 5.02 Å². The summed E-state index contributed by atoms with van der Waals surface area (Å²) in [5.74, 6) is 0.392. The quantitative estimate of drug-likeness (QED) is 0.668. The number of fused-ring (bicyclic) bond motifs is 1. The fraction of sp³-hybridized carbons (Fsp3) is 0.150. The molecule has 1 aliphatic heterocycles. The van der Waals surface area contributed by atoms with Gasteiger partial charge in [0.1, 0.15) is 11.5 Å². The van der Waals surface area contributed by atoms with Crippen LogP contribution in [0.2, 0.25) is 5.02 Å². The van der Waals surface area contributed by atoms with Crippen molar-refractivity contribution in [1.29, 1.82) is 0 Å². The molecule has 29 heavy (non-hydrogen) atoms. The van der Waals surface area contributed by atoms with Crippen molar-refractivity contribution in [1.82, 2.24) is 5.32 Å². The third-order valence-corrected chi connectivity index (χ3v) is 6.46. The van der Waals surface area contributed by atoms with Crippen LogP contribution >= 0.6 is 11.6 Å². The van der Waals surface area contributed by atoms with Crippen LogP contribution in [0.4, 0.5) is 5.69 Å². The average Bonchev–Trinajstić information content (AvgIpc) is 3.25. The molecule has 1 aliphatic rings. The van der Waals surface area contributed by atoms with E-state index >= 15 is 0 Å². The van der Waals surface area contributed by atoms with E-state index in [1.165, 1.54) is 24.5 Å². The van der Waals surface area contributed by atoms with Crippen molar-refractivity contribution in [2.45, 2.75) is 17.5 Å². The van der Waals surface area contributed by atoms with Crippen LogP contribution in [0, 0.1) is 0 Å². The SMILES string of the molecule is O=C(NCc1ccco1)[C@@H]1CN(S(=O)(=O)c2ccccc2)c2cc(Cl)ccc2O1. The van der Waals surface area contributed by atoms with Crippen molar-refractivity contribution in [2.75, 3.05) is 10.8 Å². The molecule has 0 saturated carbocycles. The van der Waals surface area contributed by atoms with Crippen LogP contribution in [-0.4, -0.2) is 27.0 Å². The Bertz CT molecular complexity index is 1120. The van der Waals surface area contributed by atoms with Gasteiger partial charge >= 0.3 is 0 Å². The number of carbonyl (C=O) groups excluding carboxylic acids is 1. The maximum atomic E-state index is 13.3. The third kappa shape index (κ3) is 3.94. The van der Waals surface area contributed by atoms with Gasteiger partial charge in [0.05, 0.1) is 29.9 Å². The van der Waals surface area contributed by atoms with Gasteiger partial charge in [0.15, 0.2) is 6.10 Å². The second-order valence-corrected chi connectivity index (χ2v) is 8.66. The van der Waals surface area contributed by atoms with Crippen molar-refractivity contribution in [3.63, 3.8) is 0 Å². The predicted molar refractivity (Wildman–Crippen MR) is 107 cm³/mol. The largest absolute Gasteiger partial charge is 0.476 e. The molecule has 0 spiro atoms. The van der Waals surface area contributed by atoms with E-state index in [1.54, 1.807) is 42.5 Å². The number of nitrogens with one attached hydrogen (secondary N) is 1. The Morgan fingerprint density at radius 1 is 1.14 bits per heavy atom. The standard InChI is InChI=1S/C20H17ClN2O5S/c21-14-8-9-18-17(11-14)23(29(25,26)16-6-2-1-3-7-16)13-19(28-18)20(24)22-12-15-5-4-10-27-15/h1-11,19H,12-13H2,(H,22,24)/t19-/m0/s1. The van der Waals surface area contributed by atoms with Gasteiger partial charge in [0.2, 0.25) is 0 Å². The monoisotopic (exact) mass is 432 g/mol. The molecular weight excluding hydrogens is 416 g/mol. The summed E-state index contributed by atoms with van der Waals surface area (Å²) in [7, 11) is -3.92. The minimum absolute atomic E-state index is 0.113. The van der Waals surface area contributed by atoms with E-state index < -0.39 is 22.0 Å². The van der Waals surface area contributed by atoms with Crippen molar-refractivity contribution in [3.05, 3.63) is 77.7 Å². The van der Waals surface area contributed by atoms with Crippen LogP contribution in [0.1, 0.15) is 5.76 Å². The molecule has 2 heterocycles. The van der Waals surface area contributed by atoms with Crippen LogP contribution in [0.5, 0.6) is 5.75 Å². The molecule has 4 rings (SSSR count). The maximum Gasteiger partial charge on any atom is 0.264 e. The smallest absolute Gasteiger partial charge is 0.264 e. The summed E-state index contributed by atoms with van der Waals surface area (Å²) >= 11 is 6.08. The number of benzene rings is 2. The summed E-state index contributed by atoms with van der Waals surface area (Å²) < 4.78 is 38.6. The lowest BCUT2D eigenvalue weighted by molar-refractivity contribution is -0.128. The molecule has 3 aromatic rings. The van der Waals surface area contributed by atoms with Gasteiger partial charge < -0.3 is 14.5 Å². The number of sulfonamides is 1. The fourth-order valence-corrected chi connectivity index (χ4v) is 4.66. The molecule has 1 aromatic heterocycles. The van der Waals surface area contributed by atoms with Crippen LogP contribution in [0.25, 0.3) is 0 Å². The van der Waals surface area contributed by atoms with Crippen molar-refractivity contribution in [2.24, 2.45) is 0 Å². The molecule has 0 fully saturated rings. The molecule has 0 saturated heterocycles. The van der Waals surface area contributed by atoms with E-state index in [1.807, 2.05) is 0 Å². The number of hydrogen-bond acceptors (Lipinski definition) is 5. The van der Waals surface area contributed by atoms with E-state index in [0.717, 1.165) is 4.31 Å². The normalized spacial score (nSPS) is 16.0. The first-order chi connectivity index (χ1) is 13.9. The molecule has 1 atom stereocenters. The predicted octanol–water partition coefficient (Wildman–Crippen LogP) is 3.21. The van der Waals surface area contributed by atoms with Gasteiger partial charge in [-0.15, -0.1) is 0 Å². The lowest BCUT2D eigenvalue weighted by Gasteiger charge is -2.34. The number of ether oxygens (including phenoxy) is 1. The van der Waals surface area contributed by atoms with Crippen molar-refractivity contribution in [3.8, 4) is 5.75 Å². The number of halogens is 1. The Labute approximate surface area is 172 Å². The summed E-state index contributed by atoms with van der Waals surface area (Å²) in [5, 5.41) is 3.07. The number of hydrogen-bond donors (Lipinski definition) is 1. The highest BCUT2D eigenvalue weighted by atomic mass is 35.5. The zero-order chi connectivity index (χ0) is 20.4. The zero-order valence-electron chi connectivity index (χ0n) is 15.1. The van der Waals surface area contributed by atoms with Gasteiger partial charge in [-0.2, -0.15) is 0 Å². The first-order valence-corrected chi connectivity index (χ1v) is 10.6. The molecule has 9 heteroatoms. The van der Waals surface area contributed by atoms with Gasteiger partial charge in [-0.25, -0.2) is 8.42 Å². The number of rotatable bonds is 5. The molecule has 0 unspecified atom stereocenters. The Balaban J connectivity index is 1.65. The van der Waals surface area contributed by atoms with Crippen LogP contribution in [-0.2, 0) is 21.4 Å². The summed E-state index contributed by atoms with van der Waals surface area (Å²) in [6, 6.07) is 16.1. The summed E-state index contributed by atoms with van der Waals surface area (Å²) in [6.07, 6.45) is 0.476. The van der Waals surface area contributed by atoms with E-state index in [9.17, 15) is 13.2 Å². The summed E-state index contributed by atoms with van der Waals surface area (Å²) in [4.78, 5) is 12.8. The highest BCUT2D eigenvalue weighted by Gasteiger charge is 2.37. The Hall–Kier alpha value is -2.97. The van der Waals surface area contributed by atoms with E-state index in [0.29, 0.717) is 10.8 Å².